The van der Waals surface area contributed by atoms with E-state index in [9.17, 15) is 9.59 Å². The Morgan fingerprint density at radius 1 is 1.14 bits per heavy atom. The number of esters is 1. The molecule has 0 spiro atoms. The molecule has 7 nitrogen and oxygen atoms in total. The predicted molar refractivity (Wildman–Crippen MR) is 145 cm³/mol. The van der Waals surface area contributed by atoms with Gasteiger partial charge in [0, 0.05) is 36.6 Å². The highest BCUT2D eigenvalue weighted by Gasteiger charge is 2.25. The monoisotopic (exact) mass is 490 g/mol. The molecule has 0 radical (unpaired) electrons. The van der Waals surface area contributed by atoms with Gasteiger partial charge in [0.1, 0.15) is 17.1 Å². The Morgan fingerprint density at radius 3 is 2.47 bits per heavy atom. The minimum atomic E-state index is -0.590. The number of anilines is 2. The molecule has 2 aromatic heterocycles. The summed E-state index contributed by atoms with van der Waals surface area (Å²) in [6.07, 6.45) is 3.02. The molecule has 1 saturated heterocycles. The maximum atomic E-state index is 13.2. The van der Waals surface area contributed by atoms with E-state index >= 15 is 0 Å². The molecule has 1 aliphatic heterocycles. The van der Waals surface area contributed by atoms with Crippen LogP contribution in [0.3, 0.4) is 0 Å². The number of ether oxygens (including phenoxy) is 1. The van der Waals surface area contributed by atoms with Crippen molar-refractivity contribution in [2.45, 2.75) is 66.5 Å². The minimum absolute atomic E-state index is 0.0906. The quantitative estimate of drug-likeness (QED) is 0.468. The van der Waals surface area contributed by atoms with Crippen LogP contribution >= 0.6 is 0 Å². The SMILES string of the molecule is Cc1cc(C(C)Nc2ccccc2C(=O)OC(C)(C)C)c2nc(N3C[C@H](C)C[C@H](C)C3)cc(=O)n2c1. The largest absolute Gasteiger partial charge is 0.456 e. The summed E-state index contributed by atoms with van der Waals surface area (Å²) in [4.78, 5) is 33.3. The molecule has 0 saturated carbocycles. The van der Waals surface area contributed by atoms with E-state index in [2.05, 4.69) is 30.1 Å². The van der Waals surface area contributed by atoms with Gasteiger partial charge in [-0.25, -0.2) is 9.78 Å². The number of carbonyl (C=O) groups excluding carboxylic acids is 1. The number of hydrogen-bond acceptors (Lipinski definition) is 6. The van der Waals surface area contributed by atoms with Gasteiger partial charge in [0.05, 0.1) is 11.6 Å². The van der Waals surface area contributed by atoms with E-state index in [4.69, 9.17) is 9.72 Å². The molecule has 1 aromatic carbocycles. The number of pyridine rings is 1. The molecule has 192 valence electrons. The highest BCUT2D eigenvalue weighted by molar-refractivity contribution is 5.96. The molecule has 1 unspecified atom stereocenters. The lowest BCUT2D eigenvalue weighted by molar-refractivity contribution is 0.00706. The molecule has 1 fully saturated rings. The van der Waals surface area contributed by atoms with E-state index in [0.717, 1.165) is 30.0 Å². The normalized spacial score (nSPS) is 19.2. The van der Waals surface area contributed by atoms with E-state index in [0.29, 0.717) is 28.7 Å². The smallest absolute Gasteiger partial charge is 0.340 e. The summed E-state index contributed by atoms with van der Waals surface area (Å²) < 4.78 is 7.24. The zero-order valence-electron chi connectivity index (χ0n) is 22.5. The Hall–Kier alpha value is -3.35. The fourth-order valence-electron chi connectivity index (χ4n) is 5.12. The van der Waals surface area contributed by atoms with Crippen molar-refractivity contribution in [2.24, 2.45) is 11.8 Å². The van der Waals surface area contributed by atoms with E-state index in [1.165, 1.54) is 6.42 Å². The standard InChI is InChI=1S/C29H38N4O3/c1-18-12-19(2)16-32(15-18)25-14-26(34)33-17-20(3)13-23(27(33)31-25)21(4)30-24-11-9-8-10-22(24)28(35)36-29(5,6)7/h8-11,13-14,17-19,21,30H,12,15-16H2,1-7H3/t18-,19+,21?. The van der Waals surface area contributed by atoms with Crippen molar-refractivity contribution in [1.29, 1.82) is 0 Å². The van der Waals surface area contributed by atoms with Crippen LogP contribution in [0.5, 0.6) is 0 Å². The van der Waals surface area contributed by atoms with Crippen LogP contribution in [0.2, 0.25) is 0 Å². The number of piperidine rings is 1. The zero-order valence-corrected chi connectivity index (χ0v) is 22.5. The van der Waals surface area contributed by atoms with E-state index < -0.39 is 5.60 Å². The first-order valence-corrected chi connectivity index (χ1v) is 12.8. The molecule has 1 N–H and O–H groups in total. The fraction of sp³-hybridized carbons (Fsp3) is 0.483. The number of para-hydroxylation sites is 1. The topological polar surface area (TPSA) is 75.9 Å². The molecular weight excluding hydrogens is 452 g/mol. The summed E-state index contributed by atoms with van der Waals surface area (Å²) in [7, 11) is 0. The average Bonchev–Trinajstić information content (AvgIpc) is 2.77. The summed E-state index contributed by atoms with van der Waals surface area (Å²) in [5.74, 6) is 1.45. The molecule has 36 heavy (non-hydrogen) atoms. The number of aryl methyl sites for hydroxylation is 1. The first-order chi connectivity index (χ1) is 16.9. The first kappa shape index (κ1) is 25.7. The van der Waals surface area contributed by atoms with Gasteiger partial charge in [-0.1, -0.05) is 26.0 Å². The second-order valence-electron chi connectivity index (χ2n) is 11.4. The molecule has 3 heterocycles. The predicted octanol–water partition coefficient (Wildman–Crippen LogP) is 5.61. The van der Waals surface area contributed by atoms with Crippen molar-refractivity contribution in [3.63, 3.8) is 0 Å². The second kappa shape index (κ2) is 9.96. The van der Waals surface area contributed by atoms with Crippen LogP contribution in [-0.2, 0) is 4.74 Å². The van der Waals surface area contributed by atoms with Gasteiger partial charge in [-0.15, -0.1) is 0 Å². The highest BCUT2D eigenvalue weighted by Crippen LogP contribution is 2.29. The Balaban J connectivity index is 1.73. The number of carbonyl (C=O) groups is 1. The maximum Gasteiger partial charge on any atom is 0.340 e. The number of benzene rings is 1. The van der Waals surface area contributed by atoms with Gasteiger partial charge in [-0.05, 0) is 76.6 Å². The molecule has 1 aliphatic rings. The van der Waals surface area contributed by atoms with Crippen LogP contribution in [-0.4, -0.2) is 34.0 Å². The zero-order chi connectivity index (χ0) is 26.2. The van der Waals surface area contributed by atoms with Crippen molar-refractivity contribution in [3.05, 3.63) is 69.6 Å². The van der Waals surface area contributed by atoms with Gasteiger partial charge < -0.3 is 15.0 Å². The molecular formula is C29H38N4O3. The Labute approximate surface area is 213 Å². The molecule has 3 aromatic rings. The van der Waals surface area contributed by atoms with Crippen LogP contribution in [0, 0.1) is 18.8 Å². The van der Waals surface area contributed by atoms with Crippen LogP contribution in [0.25, 0.3) is 5.65 Å². The minimum Gasteiger partial charge on any atom is -0.456 e. The van der Waals surface area contributed by atoms with Crippen molar-refractivity contribution in [2.75, 3.05) is 23.3 Å². The van der Waals surface area contributed by atoms with Crippen LogP contribution in [0.4, 0.5) is 11.5 Å². The molecule has 0 bridgehead atoms. The van der Waals surface area contributed by atoms with Gasteiger partial charge in [-0.2, -0.15) is 0 Å². The summed E-state index contributed by atoms with van der Waals surface area (Å²) >= 11 is 0. The van der Waals surface area contributed by atoms with Crippen LogP contribution in [0.15, 0.2) is 47.4 Å². The summed E-state index contributed by atoms with van der Waals surface area (Å²) in [5.41, 5.74) is 2.95. The van der Waals surface area contributed by atoms with Crippen molar-refractivity contribution < 1.29 is 9.53 Å². The van der Waals surface area contributed by atoms with Crippen LogP contribution < -0.4 is 15.8 Å². The third-order valence-electron chi connectivity index (χ3n) is 6.49. The summed E-state index contributed by atoms with van der Waals surface area (Å²) in [6, 6.07) is 10.8. The first-order valence-electron chi connectivity index (χ1n) is 12.8. The molecule has 0 amide bonds. The van der Waals surface area contributed by atoms with E-state index in [-0.39, 0.29) is 17.6 Å². The summed E-state index contributed by atoms with van der Waals surface area (Å²) in [6.45, 7) is 15.8. The highest BCUT2D eigenvalue weighted by atomic mass is 16.6. The number of hydrogen-bond donors (Lipinski definition) is 1. The maximum absolute atomic E-state index is 13.2. The average molecular weight is 491 g/mol. The number of fused-ring (bicyclic) bond motifs is 1. The molecule has 7 heteroatoms. The van der Waals surface area contributed by atoms with Crippen molar-refractivity contribution in [1.82, 2.24) is 9.38 Å². The fourth-order valence-corrected chi connectivity index (χ4v) is 5.12. The Morgan fingerprint density at radius 2 is 1.81 bits per heavy atom. The van der Waals surface area contributed by atoms with Gasteiger partial charge in [0.25, 0.3) is 5.56 Å². The van der Waals surface area contributed by atoms with E-state index in [1.807, 2.05) is 59.0 Å². The second-order valence-corrected chi connectivity index (χ2v) is 11.4. The lowest BCUT2D eigenvalue weighted by Gasteiger charge is -2.35. The van der Waals surface area contributed by atoms with E-state index in [1.54, 1.807) is 16.5 Å². The molecule has 0 aliphatic carbocycles. The van der Waals surface area contributed by atoms with Gasteiger partial charge in [0.15, 0.2) is 0 Å². The summed E-state index contributed by atoms with van der Waals surface area (Å²) in [5, 5.41) is 3.48. The third-order valence-corrected chi connectivity index (χ3v) is 6.49. The number of nitrogens with one attached hydrogen (secondary N) is 1. The van der Waals surface area contributed by atoms with Crippen molar-refractivity contribution >= 4 is 23.1 Å². The van der Waals surface area contributed by atoms with Gasteiger partial charge >= 0.3 is 5.97 Å². The molecule has 4 rings (SSSR count). The Kier molecular flexibility index (Phi) is 7.12. The molecule has 3 atom stereocenters. The third kappa shape index (κ3) is 5.72. The number of rotatable bonds is 5. The van der Waals surface area contributed by atoms with Gasteiger partial charge in [0.2, 0.25) is 0 Å². The van der Waals surface area contributed by atoms with Gasteiger partial charge in [-0.3, -0.25) is 9.20 Å². The van der Waals surface area contributed by atoms with Crippen molar-refractivity contribution in [3.8, 4) is 0 Å². The number of aromatic nitrogens is 2. The lowest BCUT2D eigenvalue weighted by Crippen LogP contribution is -2.40. The Bertz CT molecular complexity index is 1310. The lowest BCUT2D eigenvalue weighted by atomic mass is 9.92. The van der Waals surface area contributed by atoms with Crippen LogP contribution in [0.1, 0.15) is 75.5 Å². The number of nitrogens with zero attached hydrogens (tertiary/aromatic N) is 3.